The Morgan fingerprint density at radius 3 is 2.43 bits per heavy atom. The highest BCUT2D eigenvalue weighted by Gasteiger charge is 2.03. The molecule has 0 rings (SSSR count). The van der Waals surface area contributed by atoms with Crippen LogP contribution in [-0.2, 0) is 23.8 Å². The van der Waals surface area contributed by atoms with Crippen molar-refractivity contribution in [2.45, 2.75) is 6.92 Å². The molecule has 0 radical (unpaired) electrons. The Kier molecular flexibility index (Phi) is 6.39. The second-order valence-corrected chi connectivity index (χ2v) is 2.54. The van der Waals surface area contributed by atoms with Crippen LogP contribution < -0.4 is 0 Å². The van der Waals surface area contributed by atoms with Gasteiger partial charge in [0, 0.05) is 5.57 Å². The van der Waals surface area contributed by atoms with Crippen LogP contribution in [0.4, 0.5) is 0 Å². The van der Waals surface area contributed by atoms with Gasteiger partial charge in [-0.3, -0.25) is 0 Å². The van der Waals surface area contributed by atoms with Gasteiger partial charge in [0.1, 0.15) is 13.2 Å². The van der Waals surface area contributed by atoms with Crippen molar-refractivity contribution in [3.05, 3.63) is 12.2 Å². The van der Waals surface area contributed by atoms with Gasteiger partial charge < -0.3 is 14.2 Å². The molecule has 0 aromatic heterocycles. The molecular formula is C9H14O5. The summed E-state index contributed by atoms with van der Waals surface area (Å²) in [5.41, 5.74) is 0.331. The summed E-state index contributed by atoms with van der Waals surface area (Å²) < 4.78 is 13.9. The van der Waals surface area contributed by atoms with E-state index in [1.807, 2.05) is 0 Å². The Morgan fingerprint density at radius 1 is 1.29 bits per heavy atom. The van der Waals surface area contributed by atoms with Crippen molar-refractivity contribution in [2.24, 2.45) is 0 Å². The first kappa shape index (κ1) is 12.6. The van der Waals surface area contributed by atoms with Crippen LogP contribution in [-0.4, -0.2) is 38.9 Å². The Hall–Kier alpha value is -1.36. The predicted octanol–water partition coefficient (Wildman–Crippen LogP) is 0.295. The number of hydrogen-bond donors (Lipinski definition) is 0. The van der Waals surface area contributed by atoms with E-state index in [1.54, 1.807) is 6.92 Å². The lowest BCUT2D eigenvalue weighted by Gasteiger charge is -2.04. The lowest BCUT2D eigenvalue weighted by atomic mass is 10.4. The third-order valence-corrected chi connectivity index (χ3v) is 1.26. The third-order valence-electron chi connectivity index (χ3n) is 1.26. The summed E-state index contributed by atoms with van der Waals surface area (Å²) >= 11 is 0. The molecule has 0 aliphatic heterocycles. The van der Waals surface area contributed by atoms with Crippen LogP contribution in [0.25, 0.3) is 0 Å². The molecule has 0 saturated carbocycles. The second-order valence-electron chi connectivity index (χ2n) is 2.54. The van der Waals surface area contributed by atoms with Crippen LogP contribution in [0.15, 0.2) is 12.2 Å². The molecule has 0 fully saturated rings. The summed E-state index contributed by atoms with van der Waals surface area (Å²) in [7, 11) is 1.27. The molecular weight excluding hydrogens is 188 g/mol. The number of hydrogen-bond acceptors (Lipinski definition) is 5. The monoisotopic (exact) mass is 202 g/mol. The molecule has 0 N–H and O–H groups in total. The number of esters is 2. The number of carbonyl (C=O) groups excluding carboxylic acids is 2. The van der Waals surface area contributed by atoms with E-state index in [9.17, 15) is 9.59 Å². The van der Waals surface area contributed by atoms with Gasteiger partial charge in [-0.25, -0.2) is 9.59 Å². The molecule has 5 nitrogen and oxygen atoms in total. The number of carbonyl (C=O) groups is 2. The zero-order chi connectivity index (χ0) is 11.0. The van der Waals surface area contributed by atoms with Gasteiger partial charge in [-0.15, -0.1) is 0 Å². The SMILES string of the molecule is C=C(C)C(=O)OCCOCC(=O)OC. The summed E-state index contributed by atoms with van der Waals surface area (Å²) in [6.07, 6.45) is 0. The molecule has 0 atom stereocenters. The molecule has 14 heavy (non-hydrogen) atoms. The number of methoxy groups -OCH3 is 1. The van der Waals surface area contributed by atoms with Crippen LogP contribution in [0.5, 0.6) is 0 Å². The van der Waals surface area contributed by atoms with E-state index in [0.29, 0.717) is 5.57 Å². The molecule has 0 aliphatic carbocycles. The van der Waals surface area contributed by atoms with Crippen molar-refractivity contribution in [2.75, 3.05) is 26.9 Å². The minimum Gasteiger partial charge on any atom is -0.467 e. The van der Waals surface area contributed by atoms with Gasteiger partial charge in [0.05, 0.1) is 13.7 Å². The smallest absolute Gasteiger partial charge is 0.333 e. The van der Waals surface area contributed by atoms with Crippen molar-refractivity contribution >= 4 is 11.9 Å². The van der Waals surface area contributed by atoms with Gasteiger partial charge in [0.2, 0.25) is 0 Å². The zero-order valence-electron chi connectivity index (χ0n) is 8.37. The van der Waals surface area contributed by atoms with Crippen LogP contribution in [0, 0.1) is 0 Å². The first-order chi connectivity index (χ1) is 6.57. The van der Waals surface area contributed by atoms with Gasteiger partial charge in [0.25, 0.3) is 0 Å². The van der Waals surface area contributed by atoms with E-state index < -0.39 is 11.9 Å². The number of rotatable bonds is 6. The molecule has 0 aromatic rings. The standard InChI is InChI=1S/C9H14O5/c1-7(2)9(11)14-5-4-13-6-8(10)12-3/h1,4-6H2,2-3H3. The molecule has 0 unspecified atom stereocenters. The summed E-state index contributed by atoms with van der Waals surface area (Å²) in [4.78, 5) is 21.4. The maximum Gasteiger partial charge on any atom is 0.333 e. The van der Waals surface area contributed by atoms with Crippen molar-refractivity contribution in [3.8, 4) is 0 Å². The van der Waals surface area contributed by atoms with Gasteiger partial charge in [-0.2, -0.15) is 0 Å². The Labute approximate surface area is 82.6 Å². The molecule has 5 heteroatoms. The first-order valence-electron chi connectivity index (χ1n) is 4.05. The van der Waals surface area contributed by atoms with Gasteiger partial charge in [-0.1, -0.05) is 6.58 Å². The highest BCUT2D eigenvalue weighted by Crippen LogP contribution is 1.91. The summed E-state index contributed by atoms with van der Waals surface area (Å²) in [6.45, 7) is 5.08. The molecule has 0 heterocycles. The van der Waals surface area contributed by atoms with Crippen molar-refractivity contribution < 1.29 is 23.8 Å². The van der Waals surface area contributed by atoms with E-state index in [2.05, 4.69) is 11.3 Å². The Balaban J connectivity index is 3.34. The topological polar surface area (TPSA) is 61.8 Å². The largest absolute Gasteiger partial charge is 0.467 e. The molecule has 0 spiro atoms. The fourth-order valence-corrected chi connectivity index (χ4v) is 0.531. The molecule has 0 aliphatic rings. The van der Waals surface area contributed by atoms with E-state index in [1.165, 1.54) is 7.11 Å². The lowest BCUT2D eigenvalue weighted by molar-refractivity contribution is -0.147. The van der Waals surface area contributed by atoms with Crippen molar-refractivity contribution in [3.63, 3.8) is 0 Å². The van der Waals surface area contributed by atoms with Gasteiger partial charge >= 0.3 is 11.9 Å². The minimum absolute atomic E-state index is 0.0999. The average molecular weight is 202 g/mol. The summed E-state index contributed by atoms with van der Waals surface area (Å²) in [6, 6.07) is 0. The third kappa shape index (κ3) is 6.19. The van der Waals surface area contributed by atoms with Crippen LogP contribution in [0.1, 0.15) is 6.92 Å². The van der Waals surface area contributed by atoms with Crippen LogP contribution in [0.2, 0.25) is 0 Å². The Bertz CT molecular complexity index is 221. The molecule has 0 amide bonds. The first-order valence-corrected chi connectivity index (χ1v) is 4.05. The van der Waals surface area contributed by atoms with E-state index in [4.69, 9.17) is 9.47 Å². The highest BCUT2D eigenvalue weighted by atomic mass is 16.6. The fourth-order valence-electron chi connectivity index (χ4n) is 0.531. The number of ether oxygens (including phenoxy) is 3. The molecule has 0 aromatic carbocycles. The van der Waals surface area contributed by atoms with Gasteiger partial charge in [-0.05, 0) is 6.92 Å². The summed E-state index contributed by atoms with van der Waals surface area (Å²) in [5, 5.41) is 0. The zero-order valence-corrected chi connectivity index (χ0v) is 8.37. The quantitative estimate of drug-likeness (QED) is 0.352. The maximum atomic E-state index is 10.8. The lowest BCUT2D eigenvalue weighted by Crippen LogP contribution is -2.15. The Morgan fingerprint density at radius 2 is 1.93 bits per heavy atom. The van der Waals surface area contributed by atoms with E-state index in [-0.39, 0.29) is 19.8 Å². The van der Waals surface area contributed by atoms with Crippen LogP contribution in [0.3, 0.4) is 0 Å². The normalized spacial score (nSPS) is 9.29. The van der Waals surface area contributed by atoms with Gasteiger partial charge in [0.15, 0.2) is 0 Å². The molecule has 0 bridgehead atoms. The highest BCUT2D eigenvalue weighted by molar-refractivity contribution is 5.86. The molecule has 0 saturated heterocycles. The second kappa shape index (κ2) is 7.08. The molecule has 80 valence electrons. The predicted molar refractivity (Wildman–Crippen MR) is 48.6 cm³/mol. The summed E-state index contributed by atoms with van der Waals surface area (Å²) in [5.74, 6) is -0.928. The average Bonchev–Trinajstić information content (AvgIpc) is 2.16. The van der Waals surface area contributed by atoms with Crippen molar-refractivity contribution in [1.29, 1.82) is 0 Å². The van der Waals surface area contributed by atoms with E-state index >= 15 is 0 Å². The van der Waals surface area contributed by atoms with Crippen LogP contribution >= 0.6 is 0 Å². The van der Waals surface area contributed by atoms with Crippen molar-refractivity contribution in [1.82, 2.24) is 0 Å². The minimum atomic E-state index is -0.466. The fraction of sp³-hybridized carbons (Fsp3) is 0.556. The maximum absolute atomic E-state index is 10.8. The van der Waals surface area contributed by atoms with E-state index in [0.717, 1.165) is 0 Å².